The van der Waals surface area contributed by atoms with E-state index >= 15 is 0 Å². The van der Waals surface area contributed by atoms with Gasteiger partial charge in [0.2, 0.25) is 0 Å². The summed E-state index contributed by atoms with van der Waals surface area (Å²) in [6.07, 6.45) is 0. The number of methoxy groups -OCH3 is 1. The molecule has 0 bridgehead atoms. The first-order valence-electron chi connectivity index (χ1n) is 4.64. The number of nitrogens with two attached hydrogens (primary N) is 1. The number of ketones is 1. The van der Waals surface area contributed by atoms with Crippen LogP contribution in [-0.2, 0) is 0 Å². The maximum absolute atomic E-state index is 11.4. The molecule has 0 aliphatic carbocycles. The molecule has 0 saturated carbocycles. The molecule has 2 aromatic rings. The van der Waals surface area contributed by atoms with Crippen LogP contribution in [0.25, 0.3) is 10.9 Å². The van der Waals surface area contributed by atoms with E-state index in [1.807, 2.05) is 18.2 Å². The molecule has 0 aliphatic rings. The van der Waals surface area contributed by atoms with Crippen LogP contribution in [0.2, 0.25) is 0 Å². The molecule has 0 fully saturated rings. The molecule has 78 valence electrons. The summed E-state index contributed by atoms with van der Waals surface area (Å²) in [6.45, 7) is 0.0178. The smallest absolute Gasteiger partial charge is 0.192 e. The average Bonchev–Trinajstić information content (AvgIpc) is 2.70. The van der Waals surface area contributed by atoms with Crippen molar-refractivity contribution in [2.24, 2.45) is 5.73 Å². The van der Waals surface area contributed by atoms with Crippen LogP contribution in [0.3, 0.4) is 0 Å². The zero-order valence-corrected chi connectivity index (χ0v) is 8.41. The molecular formula is C11H12N2O2. The maximum atomic E-state index is 11.4. The van der Waals surface area contributed by atoms with E-state index in [4.69, 9.17) is 10.5 Å². The van der Waals surface area contributed by atoms with Gasteiger partial charge in [-0.05, 0) is 24.3 Å². The Morgan fingerprint density at radius 2 is 2.27 bits per heavy atom. The van der Waals surface area contributed by atoms with Crippen molar-refractivity contribution in [1.82, 2.24) is 4.98 Å². The normalized spacial score (nSPS) is 10.5. The number of H-pyrrole nitrogens is 1. The fourth-order valence-corrected chi connectivity index (χ4v) is 1.50. The largest absolute Gasteiger partial charge is 0.497 e. The first kappa shape index (κ1) is 9.73. The molecular weight excluding hydrogens is 192 g/mol. The van der Waals surface area contributed by atoms with Crippen molar-refractivity contribution in [2.45, 2.75) is 0 Å². The molecule has 0 aliphatic heterocycles. The highest BCUT2D eigenvalue weighted by Gasteiger charge is 2.07. The molecule has 0 unspecified atom stereocenters. The highest BCUT2D eigenvalue weighted by molar-refractivity contribution is 6.00. The van der Waals surface area contributed by atoms with Crippen molar-refractivity contribution in [1.29, 1.82) is 0 Å². The van der Waals surface area contributed by atoms with Crippen LogP contribution >= 0.6 is 0 Å². The molecule has 15 heavy (non-hydrogen) atoms. The van der Waals surface area contributed by atoms with Crippen molar-refractivity contribution in [3.63, 3.8) is 0 Å². The molecule has 4 nitrogen and oxygen atoms in total. The minimum Gasteiger partial charge on any atom is -0.497 e. The molecule has 0 amide bonds. The zero-order valence-electron chi connectivity index (χ0n) is 8.41. The number of Topliss-reactive ketones (excluding diaryl/α,β-unsaturated/α-hetero) is 1. The number of fused-ring (bicyclic) bond motifs is 1. The van der Waals surface area contributed by atoms with Crippen LogP contribution in [-0.4, -0.2) is 24.4 Å². The third-order valence-electron chi connectivity index (χ3n) is 2.31. The van der Waals surface area contributed by atoms with Gasteiger partial charge in [0.05, 0.1) is 19.3 Å². The molecule has 2 rings (SSSR count). The van der Waals surface area contributed by atoms with Crippen molar-refractivity contribution < 1.29 is 9.53 Å². The summed E-state index contributed by atoms with van der Waals surface area (Å²) >= 11 is 0. The maximum Gasteiger partial charge on any atom is 0.192 e. The standard InChI is InChI=1S/C11H12N2O2/c1-15-8-2-3-9-7(4-8)5-10(13-9)11(14)6-12/h2-5,13H,6,12H2,1H3. The lowest BCUT2D eigenvalue weighted by molar-refractivity contribution is 0.0997. The summed E-state index contributed by atoms with van der Waals surface area (Å²) in [6, 6.07) is 7.38. The number of aromatic nitrogens is 1. The van der Waals surface area contributed by atoms with Gasteiger partial charge in [-0.15, -0.1) is 0 Å². The van der Waals surface area contributed by atoms with E-state index < -0.39 is 0 Å². The first-order chi connectivity index (χ1) is 7.24. The van der Waals surface area contributed by atoms with Gasteiger partial charge in [-0.1, -0.05) is 0 Å². The Balaban J connectivity index is 2.51. The predicted octanol–water partition coefficient (Wildman–Crippen LogP) is 1.32. The predicted molar refractivity (Wildman–Crippen MR) is 58.2 cm³/mol. The first-order valence-corrected chi connectivity index (χ1v) is 4.64. The molecule has 1 aromatic carbocycles. The Labute approximate surface area is 87.0 Å². The monoisotopic (exact) mass is 204 g/mol. The SMILES string of the molecule is COc1ccc2[nH]c(C(=O)CN)cc2c1. The fraction of sp³-hybridized carbons (Fsp3) is 0.182. The molecule has 4 heteroatoms. The summed E-state index contributed by atoms with van der Waals surface area (Å²) in [5.74, 6) is 0.679. The minimum atomic E-state index is -0.0924. The number of aromatic amines is 1. The second-order valence-electron chi connectivity index (χ2n) is 3.26. The number of nitrogens with one attached hydrogen (secondary N) is 1. The molecule has 1 heterocycles. The second kappa shape index (κ2) is 3.74. The molecule has 0 radical (unpaired) electrons. The number of hydrogen-bond donors (Lipinski definition) is 2. The van der Waals surface area contributed by atoms with Gasteiger partial charge in [0.1, 0.15) is 5.75 Å². The van der Waals surface area contributed by atoms with Crippen LogP contribution in [0, 0.1) is 0 Å². The number of benzene rings is 1. The number of carbonyl (C=O) groups is 1. The van der Waals surface area contributed by atoms with E-state index in [0.717, 1.165) is 16.7 Å². The molecule has 1 aromatic heterocycles. The van der Waals surface area contributed by atoms with Gasteiger partial charge in [-0.3, -0.25) is 4.79 Å². The Hall–Kier alpha value is -1.81. The van der Waals surface area contributed by atoms with Gasteiger partial charge in [0.25, 0.3) is 0 Å². The van der Waals surface area contributed by atoms with Crippen LogP contribution in [0.15, 0.2) is 24.3 Å². The average molecular weight is 204 g/mol. The third kappa shape index (κ3) is 1.71. The van der Waals surface area contributed by atoms with E-state index in [-0.39, 0.29) is 12.3 Å². The molecule has 0 spiro atoms. The van der Waals surface area contributed by atoms with Crippen LogP contribution in [0.4, 0.5) is 0 Å². The molecule has 0 saturated heterocycles. The van der Waals surface area contributed by atoms with Gasteiger partial charge in [0, 0.05) is 10.9 Å². The lowest BCUT2D eigenvalue weighted by Gasteiger charge is -1.97. The van der Waals surface area contributed by atoms with E-state index in [1.165, 1.54) is 0 Å². The van der Waals surface area contributed by atoms with Crippen LogP contribution < -0.4 is 10.5 Å². The van der Waals surface area contributed by atoms with Crippen molar-refractivity contribution in [2.75, 3.05) is 13.7 Å². The van der Waals surface area contributed by atoms with Crippen molar-refractivity contribution in [3.8, 4) is 5.75 Å². The Kier molecular flexibility index (Phi) is 2.43. The summed E-state index contributed by atoms with van der Waals surface area (Å²) in [4.78, 5) is 14.4. The van der Waals surface area contributed by atoms with E-state index in [1.54, 1.807) is 13.2 Å². The zero-order chi connectivity index (χ0) is 10.8. The van der Waals surface area contributed by atoms with Gasteiger partial charge in [-0.2, -0.15) is 0 Å². The second-order valence-corrected chi connectivity index (χ2v) is 3.26. The number of ether oxygens (including phenoxy) is 1. The van der Waals surface area contributed by atoms with Crippen LogP contribution in [0.5, 0.6) is 5.75 Å². The Morgan fingerprint density at radius 3 is 2.93 bits per heavy atom. The molecule has 0 atom stereocenters. The van der Waals surface area contributed by atoms with Gasteiger partial charge < -0.3 is 15.5 Å². The fourth-order valence-electron chi connectivity index (χ4n) is 1.50. The van der Waals surface area contributed by atoms with E-state index in [9.17, 15) is 4.79 Å². The summed E-state index contributed by atoms with van der Waals surface area (Å²) in [5.41, 5.74) is 6.74. The summed E-state index contributed by atoms with van der Waals surface area (Å²) in [5, 5.41) is 0.950. The quantitative estimate of drug-likeness (QED) is 0.741. The number of hydrogen-bond acceptors (Lipinski definition) is 3. The summed E-state index contributed by atoms with van der Waals surface area (Å²) in [7, 11) is 1.61. The Bertz CT molecular complexity index is 502. The van der Waals surface area contributed by atoms with E-state index in [0.29, 0.717) is 5.69 Å². The lowest BCUT2D eigenvalue weighted by atomic mass is 10.2. The van der Waals surface area contributed by atoms with Gasteiger partial charge >= 0.3 is 0 Å². The van der Waals surface area contributed by atoms with Crippen molar-refractivity contribution in [3.05, 3.63) is 30.0 Å². The van der Waals surface area contributed by atoms with Gasteiger partial charge in [-0.25, -0.2) is 0 Å². The highest BCUT2D eigenvalue weighted by Crippen LogP contribution is 2.21. The van der Waals surface area contributed by atoms with Crippen molar-refractivity contribution >= 4 is 16.7 Å². The molecule has 3 N–H and O–H groups in total. The third-order valence-corrected chi connectivity index (χ3v) is 2.31. The van der Waals surface area contributed by atoms with Crippen LogP contribution in [0.1, 0.15) is 10.5 Å². The summed E-state index contributed by atoms with van der Waals surface area (Å²) < 4.78 is 5.09. The Morgan fingerprint density at radius 1 is 1.47 bits per heavy atom. The van der Waals surface area contributed by atoms with E-state index in [2.05, 4.69) is 4.98 Å². The topological polar surface area (TPSA) is 68.1 Å². The number of carbonyl (C=O) groups excluding carboxylic acids is 1. The number of rotatable bonds is 3. The lowest BCUT2D eigenvalue weighted by Crippen LogP contribution is -2.13. The minimum absolute atomic E-state index is 0.0178. The highest BCUT2D eigenvalue weighted by atomic mass is 16.5. The van der Waals surface area contributed by atoms with Gasteiger partial charge in [0.15, 0.2) is 5.78 Å².